The van der Waals surface area contributed by atoms with E-state index in [1.165, 1.54) is 18.2 Å². The summed E-state index contributed by atoms with van der Waals surface area (Å²) in [6, 6.07) is 4.08. The molecule has 0 bridgehead atoms. The van der Waals surface area contributed by atoms with Gasteiger partial charge in [-0.05, 0) is 17.5 Å². The highest BCUT2D eigenvalue weighted by atomic mass is 35.5. The molecule has 1 rings (SSSR count). The molecule has 0 aliphatic rings. The molecule has 0 heterocycles. The van der Waals surface area contributed by atoms with Crippen molar-refractivity contribution in [2.75, 3.05) is 12.4 Å². The van der Waals surface area contributed by atoms with Gasteiger partial charge in [0.05, 0.1) is 17.4 Å². The number of primary sulfonamides is 1. The highest BCUT2D eigenvalue weighted by molar-refractivity contribution is 7.89. The molecule has 1 aromatic carbocycles. The first-order valence-corrected chi connectivity index (χ1v) is 8.17. The van der Waals surface area contributed by atoms with Gasteiger partial charge in [0, 0.05) is 12.0 Å². The van der Waals surface area contributed by atoms with Crippen LogP contribution in [-0.4, -0.2) is 20.8 Å². The minimum atomic E-state index is -3.60. The second-order valence-electron chi connectivity index (χ2n) is 5.78. The number of hydrogen-bond acceptors (Lipinski definition) is 3. The number of benzene rings is 1. The van der Waals surface area contributed by atoms with E-state index in [9.17, 15) is 12.8 Å². The molecule has 1 atom stereocenters. The fourth-order valence-electron chi connectivity index (χ4n) is 1.59. The molecule has 0 radical (unpaired) electrons. The zero-order valence-electron chi connectivity index (χ0n) is 11.7. The minimum Gasteiger partial charge on any atom is -0.493 e. The van der Waals surface area contributed by atoms with E-state index in [2.05, 4.69) is 0 Å². The standard InChI is InChI=1S/C13H19ClFNO3S/c1-13(2,3)9(8-20(16,17)18)7-19-10-4-5-11(14)12(15)6-10/h4-6,9H,7-8H2,1-3H3,(H2,16,17,18). The Morgan fingerprint density at radius 3 is 2.45 bits per heavy atom. The number of sulfonamides is 1. The Bertz CT molecular complexity index is 569. The van der Waals surface area contributed by atoms with Crippen LogP contribution in [-0.2, 0) is 10.0 Å². The van der Waals surface area contributed by atoms with Crippen LogP contribution in [0.4, 0.5) is 4.39 Å². The molecule has 2 N–H and O–H groups in total. The van der Waals surface area contributed by atoms with Gasteiger partial charge in [-0.25, -0.2) is 17.9 Å². The highest BCUT2D eigenvalue weighted by Gasteiger charge is 2.29. The van der Waals surface area contributed by atoms with Gasteiger partial charge in [0.1, 0.15) is 11.6 Å². The largest absolute Gasteiger partial charge is 0.493 e. The van der Waals surface area contributed by atoms with Crippen LogP contribution in [0.2, 0.25) is 5.02 Å². The van der Waals surface area contributed by atoms with Crippen LogP contribution in [0.15, 0.2) is 18.2 Å². The lowest BCUT2D eigenvalue weighted by Gasteiger charge is -2.29. The van der Waals surface area contributed by atoms with Crippen LogP contribution in [0.25, 0.3) is 0 Å². The summed E-state index contributed by atoms with van der Waals surface area (Å²) < 4.78 is 41.2. The van der Waals surface area contributed by atoms with Crippen molar-refractivity contribution in [3.8, 4) is 5.75 Å². The summed E-state index contributed by atoms with van der Waals surface area (Å²) >= 11 is 5.58. The van der Waals surface area contributed by atoms with Gasteiger partial charge in [-0.15, -0.1) is 0 Å². The molecule has 1 aromatic rings. The summed E-state index contributed by atoms with van der Waals surface area (Å²) in [5.74, 6) is -0.776. The quantitative estimate of drug-likeness (QED) is 0.905. The van der Waals surface area contributed by atoms with Crippen molar-refractivity contribution in [2.45, 2.75) is 20.8 Å². The fourth-order valence-corrected chi connectivity index (χ4v) is 2.87. The lowest BCUT2D eigenvalue weighted by molar-refractivity contribution is 0.163. The van der Waals surface area contributed by atoms with Crippen molar-refractivity contribution in [3.05, 3.63) is 29.0 Å². The van der Waals surface area contributed by atoms with Gasteiger partial charge in [-0.1, -0.05) is 32.4 Å². The monoisotopic (exact) mass is 323 g/mol. The molecule has 7 heteroatoms. The Kier molecular flexibility index (Phi) is 5.40. The molecular formula is C13H19ClFNO3S. The Balaban J connectivity index is 2.78. The van der Waals surface area contributed by atoms with Gasteiger partial charge in [0.2, 0.25) is 10.0 Å². The van der Waals surface area contributed by atoms with Gasteiger partial charge < -0.3 is 4.74 Å². The van der Waals surface area contributed by atoms with Crippen molar-refractivity contribution in [2.24, 2.45) is 16.5 Å². The zero-order chi connectivity index (χ0) is 15.6. The van der Waals surface area contributed by atoms with Crippen LogP contribution in [0.1, 0.15) is 20.8 Å². The Labute approximate surface area is 124 Å². The van der Waals surface area contributed by atoms with Gasteiger partial charge in [-0.2, -0.15) is 0 Å². The first kappa shape index (κ1) is 17.2. The van der Waals surface area contributed by atoms with Crippen LogP contribution in [0.3, 0.4) is 0 Å². The summed E-state index contributed by atoms with van der Waals surface area (Å²) in [5, 5.41) is 5.09. The van der Waals surface area contributed by atoms with Crippen molar-refractivity contribution in [3.63, 3.8) is 0 Å². The molecule has 0 aliphatic carbocycles. The van der Waals surface area contributed by atoms with E-state index in [-0.39, 0.29) is 28.7 Å². The summed E-state index contributed by atoms with van der Waals surface area (Å²) in [7, 11) is -3.60. The topological polar surface area (TPSA) is 69.4 Å². The van der Waals surface area contributed by atoms with Crippen molar-refractivity contribution in [1.29, 1.82) is 0 Å². The Morgan fingerprint density at radius 1 is 1.40 bits per heavy atom. The van der Waals surface area contributed by atoms with E-state index in [0.29, 0.717) is 5.75 Å². The maximum Gasteiger partial charge on any atom is 0.209 e. The molecule has 0 saturated carbocycles. The zero-order valence-corrected chi connectivity index (χ0v) is 13.3. The van der Waals surface area contributed by atoms with Gasteiger partial charge in [0.15, 0.2) is 0 Å². The van der Waals surface area contributed by atoms with Crippen molar-refractivity contribution in [1.82, 2.24) is 0 Å². The third-order valence-electron chi connectivity index (χ3n) is 3.00. The molecular weight excluding hydrogens is 305 g/mol. The molecule has 20 heavy (non-hydrogen) atoms. The third kappa shape index (κ3) is 5.64. The third-order valence-corrected chi connectivity index (χ3v) is 4.17. The first-order chi connectivity index (χ1) is 8.99. The first-order valence-electron chi connectivity index (χ1n) is 6.07. The van der Waals surface area contributed by atoms with Gasteiger partial charge in [-0.3, -0.25) is 0 Å². The Hall–Kier alpha value is -0.850. The lowest BCUT2D eigenvalue weighted by atomic mass is 9.82. The van der Waals surface area contributed by atoms with Crippen LogP contribution in [0, 0.1) is 17.2 Å². The summed E-state index contributed by atoms with van der Waals surface area (Å²) in [6.07, 6.45) is 0. The summed E-state index contributed by atoms with van der Waals surface area (Å²) in [4.78, 5) is 0. The lowest BCUT2D eigenvalue weighted by Crippen LogP contribution is -2.35. The predicted molar refractivity (Wildman–Crippen MR) is 77.8 cm³/mol. The van der Waals surface area contributed by atoms with E-state index in [1.54, 1.807) is 0 Å². The number of nitrogens with two attached hydrogens (primary N) is 1. The van der Waals surface area contributed by atoms with Gasteiger partial charge in [0.25, 0.3) is 0 Å². The number of hydrogen-bond donors (Lipinski definition) is 1. The molecule has 0 aromatic heterocycles. The average molecular weight is 324 g/mol. The minimum absolute atomic E-state index is 0.00857. The Morgan fingerprint density at radius 2 is 2.00 bits per heavy atom. The van der Waals surface area contributed by atoms with Gasteiger partial charge >= 0.3 is 0 Å². The molecule has 0 saturated heterocycles. The summed E-state index contributed by atoms with van der Waals surface area (Å²) in [5.41, 5.74) is -0.308. The van der Waals surface area contributed by atoms with E-state index in [0.717, 1.165) is 0 Å². The number of ether oxygens (including phenoxy) is 1. The van der Waals surface area contributed by atoms with E-state index < -0.39 is 15.8 Å². The second-order valence-corrected chi connectivity index (χ2v) is 7.85. The SMILES string of the molecule is CC(C)(C)C(COc1ccc(Cl)c(F)c1)CS(N)(=O)=O. The molecule has 1 unspecified atom stereocenters. The smallest absolute Gasteiger partial charge is 0.209 e. The molecule has 0 spiro atoms. The fraction of sp³-hybridized carbons (Fsp3) is 0.538. The second kappa shape index (κ2) is 6.28. The molecule has 114 valence electrons. The summed E-state index contributed by atoms with van der Waals surface area (Å²) in [6.45, 7) is 5.82. The van der Waals surface area contributed by atoms with E-state index >= 15 is 0 Å². The average Bonchev–Trinajstić information content (AvgIpc) is 2.26. The highest BCUT2D eigenvalue weighted by Crippen LogP contribution is 2.28. The van der Waals surface area contributed by atoms with Crippen molar-refractivity contribution < 1.29 is 17.5 Å². The molecule has 0 aliphatic heterocycles. The molecule has 0 amide bonds. The van der Waals surface area contributed by atoms with Crippen LogP contribution < -0.4 is 9.88 Å². The van der Waals surface area contributed by atoms with Crippen LogP contribution >= 0.6 is 11.6 Å². The number of rotatable bonds is 5. The number of halogens is 2. The maximum absolute atomic E-state index is 13.3. The molecule has 4 nitrogen and oxygen atoms in total. The maximum atomic E-state index is 13.3. The van der Waals surface area contributed by atoms with Crippen molar-refractivity contribution >= 4 is 21.6 Å². The van der Waals surface area contributed by atoms with Crippen LogP contribution in [0.5, 0.6) is 5.75 Å². The molecule has 0 fully saturated rings. The normalized spacial score (nSPS) is 14.1. The van der Waals surface area contributed by atoms with E-state index in [4.69, 9.17) is 21.5 Å². The predicted octanol–water partition coefficient (Wildman–Crippen LogP) is 2.81. The van der Waals surface area contributed by atoms with E-state index in [1.807, 2.05) is 20.8 Å².